The highest BCUT2D eigenvalue weighted by molar-refractivity contribution is 5.94. The SMILES string of the molecule is COC(=O)[C@@](NC(=O)Nc1ccc(F)c(F)c1)(Oc1ccc(F)cc1)C(F)(F)F. The lowest BCUT2D eigenvalue weighted by atomic mass is 10.2. The van der Waals surface area contributed by atoms with Crippen molar-refractivity contribution in [3.8, 4) is 5.75 Å². The van der Waals surface area contributed by atoms with Crippen molar-refractivity contribution in [3.05, 3.63) is 59.9 Å². The molecule has 2 N–H and O–H groups in total. The van der Waals surface area contributed by atoms with Crippen molar-refractivity contribution in [2.75, 3.05) is 12.4 Å². The predicted molar refractivity (Wildman–Crippen MR) is 86.3 cm³/mol. The molecule has 0 aliphatic rings. The minimum absolute atomic E-state index is 0.413. The van der Waals surface area contributed by atoms with E-state index in [2.05, 4.69) is 9.47 Å². The molecule has 156 valence electrons. The van der Waals surface area contributed by atoms with E-state index in [0.717, 1.165) is 30.3 Å². The highest BCUT2D eigenvalue weighted by atomic mass is 19.4. The van der Waals surface area contributed by atoms with E-state index in [-0.39, 0.29) is 0 Å². The van der Waals surface area contributed by atoms with Crippen LogP contribution in [0.1, 0.15) is 0 Å². The third kappa shape index (κ3) is 4.89. The Kier molecular flexibility index (Phi) is 6.25. The molecule has 2 rings (SSSR count). The van der Waals surface area contributed by atoms with Gasteiger partial charge in [0.05, 0.1) is 7.11 Å². The number of hydrogen-bond acceptors (Lipinski definition) is 4. The first-order chi connectivity index (χ1) is 13.5. The number of benzene rings is 2. The number of urea groups is 1. The number of nitrogens with one attached hydrogen (secondary N) is 2. The zero-order chi connectivity index (χ0) is 21.8. The smallest absolute Gasteiger partial charge is 0.460 e. The minimum atomic E-state index is -5.54. The van der Waals surface area contributed by atoms with Gasteiger partial charge in [-0.15, -0.1) is 0 Å². The lowest BCUT2D eigenvalue weighted by Gasteiger charge is -2.33. The van der Waals surface area contributed by atoms with Crippen molar-refractivity contribution < 1.29 is 45.4 Å². The number of anilines is 1. The third-order valence-electron chi connectivity index (χ3n) is 3.42. The van der Waals surface area contributed by atoms with E-state index >= 15 is 0 Å². The zero-order valence-corrected chi connectivity index (χ0v) is 14.4. The number of halogens is 6. The van der Waals surface area contributed by atoms with Crippen LogP contribution in [0.5, 0.6) is 5.75 Å². The predicted octanol–water partition coefficient (Wildman–Crippen LogP) is 3.74. The van der Waals surface area contributed by atoms with Crippen molar-refractivity contribution in [2.24, 2.45) is 0 Å². The lowest BCUT2D eigenvalue weighted by Crippen LogP contribution is -2.68. The van der Waals surface area contributed by atoms with Crippen molar-refractivity contribution in [3.63, 3.8) is 0 Å². The molecule has 0 aliphatic carbocycles. The second-order valence-electron chi connectivity index (χ2n) is 5.43. The molecule has 29 heavy (non-hydrogen) atoms. The fourth-order valence-electron chi connectivity index (χ4n) is 2.08. The quantitative estimate of drug-likeness (QED) is 0.437. The van der Waals surface area contributed by atoms with Gasteiger partial charge in [-0.25, -0.2) is 22.8 Å². The number of amides is 2. The van der Waals surface area contributed by atoms with Gasteiger partial charge in [-0.1, -0.05) is 0 Å². The maximum Gasteiger partial charge on any atom is 0.460 e. The number of carbonyl (C=O) groups is 2. The number of ether oxygens (including phenoxy) is 2. The van der Waals surface area contributed by atoms with E-state index in [1.807, 2.05) is 0 Å². The molecule has 0 unspecified atom stereocenters. The highest BCUT2D eigenvalue weighted by Gasteiger charge is 2.66. The summed E-state index contributed by atoms with van der Waals surface area (Å²) < 4.78 is 89.1. The van der Waals surface area contributed by atoms with E-state index in [1.165, 1.54) is 5.32 Å². The van der Waals surface area contributed by atoms with Crippen LogP contribution in [-0.4, -0.2) is 31.0 Å². The molecule has 0 heterocycles. The van der Waals surface area contributed by atoms with Gasteiger partial charge in [0.15, 0.2) is 11.6 Å². The maximum atomic E-state index is 13.7. The first kappa shape index (κ1) is 21.9. The molecule has 0 saturated heterocycles. The van der Waals surface area contributed by atoms with Crippen LogP contribution < -0.4 is 15.4 Å². The summed E-state index contributed by atoms with van der Waals surface area (Å²) in [6.45, 7) is 0. The van der Waals surface area contributed by atoms with Gasteiger partial charge in [-0.05, 0) is 36.4 Å². The Labute approximate surface area is 159 Å². The molecule has 0 aliphatic heterocycles. The number of hydrogen-bond donors (Lipinski definition) is 2. The van der Waals surface area contributed by atoms with Crippen LogP contribution in [0.3, 0.4) is 0 Å². The number of carbonyl (C=O) groups excluding carboxylic acids is 2. The lowest BCUT2D eigenvalue weighted by molar-refractivity contribution is -0.258. The third-order valence-corrected chi connectivity index (χ3v) is 3.42. The van der Waals surface area contributed by atoms with Crippen LogP contribution >= 0.6 is 0 Å². The number of alkyl halides is 3. The largest absolute Gasteiger partial charge is 0.464 e. The Morgan fingerprint density at radius 1 is 0.931 bits per heavy atom. The average molecular weight is 422 g/mol. The Morgan fingerprint density at radius 3 is 2.07 bits per heavy atom. The Hall–Kier alpha value is -3.44. The van der Waals surface area contributed by atoms with Gasteiger partial charge in [0.1, 0.15) is 11.6 Å². The van der Waals surface area contributed by atoms with Crippen molar-refractivity contribution in [2.45, 2.75) is 11.9 Å². The molecule has 2 amide bonds. The fourth-order valence-corrected chi connectivity index (χ4v) is 2.08. The van der Waals surface area contributed by atoms with Crippen molar-refractivity contribution >= 4 is 17.7 Å². The Bertz CT molecular complexity index is 904. The second kappa shape index (κ2) is 8.29. The average Bonchev–Trinajstić information content (AvgIpc) is 2.64. The number of methoxy groups -OCH3 is 1. The van der Waals surface area contributed by atoms with E-state index in [1.54, 1.807) is 5.32 Å². The number of esters is 1. The highest BCUT2D eigenvalue weighted by Crippen LogP contribution is 2.34. The van der Waals surface area contributed by atoms with Crippen LogP contribution in [0.25, 0.3) is 0 Å². The number of rotatable bonds is 5. The molecule has 2 aromatic rings. The maximum absolute atomic E-state index is 13.7. The zero-order valence-electron chi connectivity index (χ0n) is 14.4. The van der Waals surface area contributed by atoms with Crippen LogP contribution in [0.2, 0.25) is 0 Å². The molecule has 0 aromatic heterocycles. The molecule has 0 fully saturated rings. The summed E-state index contributed by atoms with van der Waals surface area (Å²) in [5.74, 6) is -6.09. The molecule has 0 bridgehead atoms. The van der Waals surface area contributed by atoms with Crippen LogP contribution in [0.4, 0.5) is 36.8 Å². The molecule has 6 nitrogen and oxygen atoms in total. The van der Waals surface area contributed by atoms with E-state index in [0.29, 0.717) is 19.2 Å². The fraction of sp³-hybridized carbons (Fsp3) is 0.176. The Morgan fingerprint density at radius 2 is 1.55 bits per heavy atom. The van der Waals surface area contributed by atoms with Gasteiger partial charge in [-0.2, -0.15) is 13.2 Å². The van der Waals surface area contributed by atoms with E-state index in [4.69, 9.17) is 0 Å². The summed E-state index contributed by atoms with van der Waals surface area (Å²) in [7, 11) is 0.617. The van der Waals surface area contributed by atoms with Crippen molar-refractivity contribution in [1.29, 1.82) is 0 Å². The summed E-state index contributed by atoms with van der Waals surface area (Å²) >= 11 is 0. The van der Waals surface area contributed by atoms with Crippen LogP contribution in [0.15, 0.2) is 42.5 Å². The van der Waals surface area contributed by atoms with Gasteiger partial charge in [-0.3, -0.25) is 5.32 Å². The molecule has 12 heteroatoms. The van der Waals surface area contributed by atoms with Gasteiger partial charge >= 0.3 is 23.9 Å². The van der Waals surface area contributed by atoms with Crippen LogP contribution in [0, 0.1) is 17.5 Å². The standard InChI is InChI=1S/C17H12F6N2O4/c1-28-14(26)16(17(21,22)23,29-11-5-2-9(18)3-6-11)25-15(27)24-10-4-7-12(19)13(20)8-10/h2-8H,1H3,(H2,24,25,27)/t16-/m1/s1. The summed E-state index contributed by atoms with van der Waals surface area (Å²) in [5, 5.41) is 3.09. The molecular weight excluding hydrogens is 410 g/mol. The minimum Gasteiger partial charge on any atom is -0.464 e. The summed E-state index contributed by atoms with van der Waals surface area (Å²) in [4.78, 5) is 24.0. The first-order valence-electron chi connectivity index (χ1n) is 7.62. The van der Waals surface area contributed by atoms with Crippen molar-refractivity contribution in [1.82, 2.24) is 5.32 Å². The topological polar surface area (TPSA) is 76.7 Å². The summed E-state index contributed by atoms with van der Waals surface area (Å²) in [6, 6.07) is 3.43. The summed E-state index contributed by atoms with van der Waals surface area (Å²) in [6.07, 6.45) is -5.54. The van der Waals surface area contributed by atoms with Gasteiger partial charge in [0.2, 0.25) is 0 Å². The van der Waals surface area contributed by atoms with E-state index < -0.39 is 52.8 Å². The molecule has 0 saturated carbocycles. The molecule has 0 radical (unpaired) electrons. The van der Waals surface area contributed by atoms with Gasteiger partial charge in [0.25, 0.3) is 0 Å². The Balaban J connectivity index is 2.37. The molecule has 1 atom stereocenters. The normalized spacial score (nSPS) is 13.2. The monoisotopic (exact) mass is 422 g/mol. The van der Waals surface area contributed by atoms with Gasteiger partial charge < -0.3 is 14.8 Å². The van der Waals surface area contributed by atoms with E-state index in [9.17, 15) is 35.9 Å². The molecule has 0 spiro atoms. The summed E-state index contributed by atoms with van der Waals surface area (Å²) in [5.41, 5.74) is -4.44. The van der Waals surface area contributed by atoms with Gasteiger partial charge in [0, 0.05) is 11.8 Å². The molecular formula is C17H12F6N2O4. The first-order valence-corrected chi connectivity index (χ1v) is 7.62. The second-order valence-corrected chi connectivity index (χ2v) is 5.43. The molecule has 2 aromatic carbocycles. The van der Waals surface area contributed by atoms with Crippen LogP contribution in [-0.2, 0) is 9.53 Å².